The molecule has 2 heterocycles. The van der Waals surface area contributed by atoms with Gasteiger partial charge in [0.15, 0.2) is 5.96 Å². The number of rotatable bonds is 8. The van der Waals surface area contributed by atoms with E-state index >= 15 is 0 Å². The Hall–Kier alpha value is -1.29. The van der Waals surface area contributed by atoms with Crippen LogP contribution in [0, 0.1) is 0 Å². The van der Waals surface area contributed by atoms with Crippen molar-refractivity contribution >= 4 is 27.7 Å². The first-order chi connectivity index (χ1) is 13.6. The number of nitrogens with zero attached hydrogens (tertiary/aromatic N) is 1. The summed E-state index contributed by atoms with van der Waals surface area (Å²) in [6, 6.07) is 6.93. The van der Waals surface area contributed by atoms with E-state index in [2.05, 4.69) is 20.3 Å². The summed E-state index contributed by atoms with van der Waals surface area (Å²) in [6.07, 6.45) is 4.43. The summed E-state index contributed by atoms with van der Waals surface area (Å²) < 4.78 is 32.9. The zero-order valence-corrected chi connectivity index (χ0v) is 17.9. The van der Waals surface area contributed by atoms with Crippen LogP contribution in [0.4, 0.5) is 0 Å². The number of ether oxygens (including phenoxy) is 1. The summed E-state index contributed by atoms with van der Waals surface area (Å²) in [6.45, 7) is 2.54. The number of hydrogen-bond acceptors (Lipinski definition) is 5. The van der Waals surface area contributed by atoms with Crippen LogP contribution in [0.3, 0.4) is 0 Å². The van der Waals surface area contributed by atoms with E-state index in [1.54, 1.807) is 19.2 Å². The van der Waals surface area contributed by atoms with Gasteiger partial charge in [0.25, 0.3) is 0 Å². The lowest BCUT2D eigenvalue weighted by Gasteiger charge is -2.15. The van der Waals surface area contributed by atoms with Gasteiger partial charge in [0.05, 0.1) is 11.0 Å². The van der Waals surface area contributed by atoms with E-state index in [0.29, 0.717) is 24.9 Å². The molecule has 0 radical (unpaired) electrons. The van der Waals surface area contributed by atoms with Crippen LogP contribution in [-0.4, -0.2) is 58.2 Å². The first-order valence-corrected chi connectivity index (χ1v) is 12.4. The lowest BCUT2D eigenvalue weighted by molar-refractivity contribution is 0.114. The van der Waals surface area contributed by atoms with Gasteiger partial charge >= 0.3 is 0 Å². The van der Waals surface area contributed by atoms with Crippen molar-refractivity contribution in [1.29, 1.82) is 0 Å². The molecule has 3 N–H and O–H groups in total. The average Bonchev–Trinajstić information content (AvgIpc) is 3.41. The Bertz CT molecular complexity index is 741. The van der Waals surface area contributed by atoms with Crippen LogP contribution >= 0.6 is 11.8 Å². The van der Waals surface area contributed by atoms with Gasteiger partial charge in [-0.1, -0.05) is 12.1 Å². The molecule has 0 spiro atoms. The molecule has 7 nitrogen and oxygen atoms in total. The van der Waals surface area contributed by atoms with Crippen molar-refractivity contribution < 1.29 is 13.2 Å². The highest BCUT2D eigenvalue weighted by molar-refractivity contribution is 8.00. The fourth-order valence-electron chi connectivity index (χ4n) is 3.30. The smallest absolute Gasteiger partial charge is 0.240 e. The van der Waals surface area contributed by atoms with E-state index in [0.717, 1.165) is 30.9 Å². The van der Waals surface area contributed by atoms with E-state index in [4.69, 9.17) is 4.74 Å². The third-order valence-corrected chi connectivity index (χ3v) is 7.80. The molecule has 156 valence electrons. The first-order valence-electron chi connectivity index (χ1n) is 9.83. The molecule has 2 atom stereocenters. The van der Waals surface area contributed by atoms with Gasteiger partial charge in [-0.15, -0.1) is 0 Å². The molecule has 0 bridgehead atoms. The lowest BCUT2D eigenvalue weighted by Crippen LogP contribution is -2.39. The number of guanidine groups is 1. The number of sulfonamides is 1. The second-order valence-corrected chi connectivity index (χ2v) is 10.2. The zero-order valence-electron chi connectivity index (χ0n) is 16.3. The second kappa shape index (κ2) is 10.5. The number of thioether (sulfide) groups is 1. The van der Waals surface area contributed by atoms with Crippen molar-refractivity contribution in [2.24, 2.45) is 4.99 Å². The monoisotopic (exact) mass is 426 g/mol. The molecule has 1 aromatic carbocycles. The van der Waals surface area contributed by atoms with E-state index in [1.165, 1.54) is 18.6 Å². The second-order valence-electron chi connectivity index (χ2n) is 7.07. The van der Waals surface area contributed by atoms with Gasteiger partial charge in [0.1, 0.15) is 0 Å². The molecule has 28 heavy (non-hydrogen) atoms. The van der Waals surface area contributed by atoms with Crippen molar-refractivity contribution in [2.75, 3.05) is 32.5 Å². The van der Waals surface area contributed by atoms with Crippen LogP contribution in [0.2, 0.25) is 0 Å². The Balaban J connectivity index is 1.46. The molecule has 2 aliphatic heterocycles. The molecule has 0 aliphatic carbocycles. The van der Waals surface area contributed by atoms with Crippen LogP contribution in [-0.2, 0) is 21.3 Å². The summed E-state index contributed by atoms with van der Waals surface area (Å²) in [7, 11) is -1.75. The largest absolute Gasteiger partial charge is 0.377 e. The standard InChI is InChI=1S/C19H30N4O3S2/c1-20-19(22-14-17-5-3-11-27-17)21-12-15-6-8-18(9-7-15)28(24,25)23-13-16-4-2-10-26-16/h6-9,16-17,23H,2-5,10-14H2,1H3,(H2,20,21,22). The van der Waals surface area contributed by atoms with Gasteiger partial charge in [-0.05, 0) is 49.1 Å². The Morgan fingerprint density at radius 3 is 2.64 bits per heavy atom. The van der Waals surface area contributed by atoms with Crippen LogP contribution in [0.1, 0.15) is 31.2 Å². The Labute approximate surface area is 172 Å². The van der Waals surface area contributed by atoms with Gasteiger partial charge < -0.3 is 15.4 Å². The van der Waals surface area contributed by atoms with Gasteiger partial charge in [-0.2, -0.15) is 11.8 Å². The number of hydrogen-bond donors (Lipinski definition) is 3. The maximum atomic E-state index is 12.4. The van der Waals surface area contributed by atoms with Gasteiger partial charge in [-0.3, -0.25) is 4.99 Å². The van der Waals surface area contributed by atoms with Crippen LogP contribution < -0.4 is 15.4 Å². The van der Waals surface area contributed by atoms with Crippen molar-refractivity contribution in [3.05, 3.63) is 29.8 Å². The molecular formula is C19H30N4O3S2. The Kier molecular flexibility index (Phi) is 8.01. The minimum Gasteiger partial charge on any atom is -0.377 e. The maximum Gasteiger partial charge on any atom is 0.240 e. The SMILES string of the molecule is CN=C(NCc1ccc(S(=O)(=O)NCC2CCCO2)cc1)NCC1CCCS1. The van der Waals surface area contributed by atoms with Crippen LogP contribution in [0.15, 0.2) is 34.2 Å². The molecule has 2 unspecified atom stereocenters. The van der Waals surface area contributed by atoms with E-state index in [1.807, 2.05) is 23.9 Å². The molecule has 0 aromatic heterocycles. The molecular weight excluding hydrogens is 396 g/mol. The molecule has 9 heteroatoms. The van der Waals surface area contributed by atoms with E-state index < -0.39 is 10.0 Å². The predicted molar refractivity (Wildman–Crippen MR) is 114 cm³/mol. The van der Waals surface area contributed by atoms with Crippen molar-refractivity contribution in [1.82, 2.24) is 15.4 Å². The fraction of sp³-hybridized carbons (Fsp3) is 0.632. The third-order valence-electron chi connectivity index (χ3n) is 4.96. The third kappa shape index (κ3) is 6.37. The zero-order chi connectivity index (χ0) is 19.8. The van der Waals surface area contributed by atoms with Gasteiger partial charge in [0, 0.05) is 38.5 Å². The molecule has 0 amide bonds. The highest BCUT2D eigenvalue weighted by Gasteiger charge is 2.20. The molecule has 3 rings (SSSR count). The lowest BCUT2D eigenvalue weighted by atomic mass is 10.2. The van der Waals surface area contributed by atoms with Gasteiger partial charge in [0.2, 0.25) is 10.0 Å². The van der Waals surface area contributed by atoms with Crippen molar-refractivity contribution in [2.45, 2.75) is 48.5 Å². The predicted octanol–water partition coefficient (Wildman–Crippen LogP) is 1.70. The number of aliphatic imine (C=N–C) groups is 1. The summed E-state index contributed by atoms with van der Waals surface area (Å²) in [5.74, 6) is 2.01. The normalized spacial score (nSPS) is 23.1. The van der Waals surface area contributed by atoms with Crippen molar-refractivity contribution in [3.63, 3.8) is 0 Å². The first kappa shape index (κ1) is 21.4. The molecule has 2 aliphatic rings. The quantitative estimate of drug-likeness (QED) is 0.433. The van der Waals surface area contributed by atoms with Crippen LogP contribution in [0.25, 0.3) is 0 Å². The summed E-state index contributed by atoms with van der Waals surface area (Å²) >= 11 is 2.01. The summed E-state index contributed by atoms with van der Waals surface area (Å²) in [5.41, 5.74) is 0.997. The number of nitrogens with one attached hydrogen (secondary N) is 3. The van der Waals surface area contributed by atoms with E-state index in [-0.39, 0.29) is 11.0 Å². The average molecular weight is 427 g/mol. The van der Waals surface area contributed by atoms with E-state index in [9.17, 15) is 8.42 Å². The maximum absolute atomic E-state index is 12.4. The highest BCUT2D eigenvalue weighted by atomic mass is 32.2. The Morgan fingerprint density at radius 2 is 2.00 bits per heavy atom. The minimum atomic E-state index is -3.51. The molecule has 2 fully saturated rings. The van der Waals surface area contributed by atoms with Gasteiger partial charge in [-0.25, -0.2) is 13.1 Å². The number of benzene rings is 1. The molecule has 0 saturated carbocycles. The molecule has 2 saturated heterocycles. The topological polar surface area (TPSA) is 91.8 Å². The summed E-state index contributed by atoms with van der Waals surface area (Å²) in [4.78, 5) is 4.52. The van der Waals surface area contributed by atoms with Crippen LogP contribution in [0.5, 0.6) is 0 Å². The molecule has 1 aromatic rings. The highest BCUT2D eigenvalue weighted by Crippen LogP contribution is 2.25. The van der Waals surface area contributed by atoms with Crippen molar-refractivity contribution in [3.8, 4) is 0 Å². The summed E-state index contributed by atoms with van der Waals surface area (Å²) in [5, 5.41) is 7.30. The minimum absolute atomic E-state index is 0.0138. The fourth-order valence-corrected chi connectivity index (χ4v) is 5.57. The Morgan fingerprint density at radius 1 is 1.18 bits per heavy atom.